The second-order valence-corrected chi connectivity index (χ2v) is 2.85. The molecular weight excluding hydrogens is 187 g/mol. The third-order valence-electron chi connectivity index (χ3n) is 1.91. The summed E-state index contributed by atoms with van der Waals surface area (Å²) in [4.78, 5) is 10.8. The lowest BCUT2D eigenvalue weighted by atomic mass is 10.1. The summed E-state index contributed by atoms with van der Waals surface area (Å²) in [6.07, 6.45) is -1.25. The molecule has 1 aromatic rings. The van der Waals surface area contributed by atoms with Crippen LogP contribution in [0.3, 0.4) is 0 Å². The number of benzene rings is 1. The van der Waals surface area contributed by atoms with Gasteiger partial charge in [0.05, 0.1) is 7.11 Å². The molecule has 1 aromatic carbocycles. The molecule has 0 fully saturated rings. The zero-order valence-electron chi connectivity index (χ0n) is 7.95. The van der Waals surface area contributed by atoms with Crippen LogP contribution in [0.2, 0.25) is 0 Å². The number of carbonyl (C=O) groups is 1. The average Bonchev–Trinajstić information content (AvgIpc) is 2.16. The number of aromatic carboxylic acids is 1. The van der Waals surface area contributed by atoms with E-state index in [1.54, 1.807) is 0 Å². The molecule has 1 unspecified atom stereocenters. The van der Waals surface area contributed by atoms with Crippen LogP contribution in [0.1, 0.15) is 29.0 Å². The van der Waals surface area contributed by atoms with Crippen molar-refractivity contribution in [3.8, 4) is 5.75 Å². The van der Waals surface area contributed by atoms with E-state index in [2.05, 4.69) is 0 Å². The molecule has 1 N–H and O–H groups in total. The van der Waals surface area contributed by atoms with Gasteiger partial charge in [0.2, 0.25) is 0 Å². The molecule has 0 spiro atoms. The highest BCUT2D eigenvalue weighted by Crippen LogP contribution is 2.30. The van der Waals surface area contributed by atoms with Crippen molar-refractivity contribution in [3.05, 3.63) is 29.3 Å². The topological polar surface area (TPSA) is 46.5 Å². The maximum Gasteiger partial charge on any atom is 0.339 e. The maximum absolute atomic E-state index is 13.1. The Morgan fingerprint density at radius 1 is 1.57 bits per heavy atom. The van der Waals surface area contributed by atoms with Crippen LogP contribution >= 0.6 is 0 Å². The first-order valence-electron chi connectivity index (χ1n) is 4.12. The van der Waals surface area contributed by atoms with Crippen LogP contribution in [0.25, 0.3) is 0 Å². The van der Waals surface area contributed by atoms with Gasteiger partial charge < -0.3 is 9.84 Å². The molecule has 1 rings (SSSR count). The van der Waals surface area contributed by atoms with Gasteiger partial charge in [0.25, 0.3) is 0 Å². The van der Waals surface area contributed by atoms with Crippen LogP contribution in [0.15, 0.2) is 18.2 Å². The fraction of sp³-hybridized carbons (Fsp3) is 0.300. The lowest BCUT2D eigenvalue weighted by Crippen LogP contribution is -2.03. The van der Waals surface area contributed by atoms with Crippen LogP contribution in [-0.2, 0) is 0 Å². The fourth-order valence-electron chi connectivity index (χ4n) is 1.26. The Balaban J connectivity index is 3.32. The predicted molar refractivity (Wildman–Crippen MR) is 49.5 cm³/mol. The van der Waals surface area contributed by atoms with Gasteiger partial charge in [-0.1, -0.05) is 12.1 Å². The summed E-state index contributed by atoms with van der Waals surface area (Å²) in [5.74, 6) is -1.03. The molecule has 0 saturated carbocycles. The number of halogens is 1. The van der Waals surface area contributed by atoms with Crippen molar-refractivity contribution < 1.29 is 19.0 Å². The molecule has 1 atom stereocenters. The van der Waals surface area contributed by atoms with Crippen LogP contribution in [0.4, 0.5) is 4.39 Å². The number of carboxylic acid groups (broad SMARTS) is 1. The highest BCUT2D eigenvalue weighted by molar-refractivity contribution is 5.91. The van der Waals surface area contributed by atoms with E-state index in [0.717, 1.165) is 0 Å². The third kappa shape index (κ3) is 1.84. The van der Waals surface area contributed by atoms with Crippen LogP contribution in [0.5, 0.6) is 5.75 Å². The molecule has 0 saturated heterocycles. The van der Waals surface area contributed by atoms with Gasteiger partial charge in [-0.2, -0.15) is 0 Å². The molecule has 0 radical (unpaired) electrons. The molecule has 0 aliphatic heterocycles. The zero-order valence-corrected chi connectivity index (χ0v) is 7.95. The van der Waals surface area contributed by atoms with Gasteiger partial charge in [-0.25, -0.2) is 9.18 Å². The molecule has 14 heavy (non-hydrogen) atoms. The van der Waals surface area contributed by atoms with E-state index in [4.69, 9.17) is 9.84 Å². The Labute approximate surface area is 81.1 Å². The lowest BCUT2D eigenvalue weighted by Gasteiger charge is -2.11. The molecule has 0 amide bonds. The van der Waals surface area contributed by atoms with E-state index >= 15 is 0 Å². The van der Waals surface area contributed by atoms with E-state index in [-0.39, 0.29) is 16.9 Å². The highest BCUT2D eigenvalue weighted by Gasteiger charge is 2.17. The monoisotopic (exact) mass is 198 g/mol. The minimum atomic E-state index is -1.25. The van der Waals surface area contributed by atoms with Gasteiger partial charge in [0.15, 0.2) is 0 Å². The van der Waals surface area contributed by atoms with E-state index in [1.165, 1.54) is 32.2 Å². The predicted octanol–water partition coefficient (Wildman–Crippen LogP) is 2.42. The summed E-state index contributed by atoms with van der Waals surface area (Å²) in [7, 11) is 1.33. The van der Waals surface area contributed by atoms with Crippen molar-refractivity contribution in [3.63, 3.8) is 0 Å². The number of hydrogen-bond acceptors (Lipinski definition) is 2. The first kappa shape index (κ1) is 10.5. The molecule has 0 heterocycles. The van der Waals surface area contributed by atoms with Crippen molar-refractivity contribution in [1.29, 1.82) is 0 Å². The Kier molecular flexibility index (Phi) is 3.06. The van der Waals surface area contributed by atoms with Gasteiger partial charge in [-0.05, 0) is 13.0 Å². The Bertz CT molecular complexity index is 347. The van der Waals surface area contributed by atoms with Crippen LogP contribution < -0.4 is 4.74 Å². The normalized spacial score (nSPS) is 12.2. The van der Waals surface area contributed by atoms with Crippen molar-refractivity contribution in [1.82, 2.24) is 0 Å². The van der Waals surface area contributed by atoms with Crippen molar-refractivity contribution in [2.75, 3.05) is 7.11 Å². The number of methoxy groups -OCH3 is 1. The lowest BCUT2D eigenvalue weighted by molar-refractivity contribution is 0.0693. The van der Waals surface area contributed by atoms with Crippen molar-refractivity contribution in [2.24, 2.45) is 0 Å². The Morgan fingerprint density at radius 3 is 2.64 bits per heavy atom. The van der Waals surface area contributed by atoms with E-state index in [1.807, 2.05) is 0 Å². The Hall–Kier alpha value is -1.58. The SMILES string of the molecule is COc1c(C(=O)O)cccc1C(C)F. The first-order chi connectivity index (χ1) is 6.57. The van der Waals surface area contributed by atoms with Crippen LogP contribution in [0, 0.1) is 0 Å². The second kappa shape index (κ2) is 4.09. The summed E-state index contributed by atoms with van der Waals surface area (Å²) in [5.41, 5.74) is 0.238. The molecule has 0 aliphatic carbocycles. The Morgan fingerprint density at radius 2 is 2.21 bits per heavy atom. The van der Waals surface area contributed by atoms with E-state index in [0.29, 0.717) is 0 Å². The summed E-state index contributed by atoms with van der Waals surface area (Å²) >= 11 is 0. The molecule has 0 bridgehead atoms. The minimum absolute atomic E-state index is 0.0190. The molecule has 0 aliphatic rings. The molecule has 3 nitrogen and oxygen atoms in total. The third-order valence-corrected chi connectivity index (χ3v) is 1.91. The van der Waals surface area contributed by atoms with Gasteiger partial charge in [0.1, 0.15) is 17.5 Å². The number of para-hydroxylation sites is 1. The summed E-state index contributed by atoms with van der Waals surface area (Å²) in [6.45, 7) is 1.34. The minimum Gasteiger partial charge on any atom is -0.495 e. The van der Waals surface area contributed by atoms with Crippen molar-refractivity contribution >= 4 is 5.97 Å². The van der Waals surface area contributed by atoms with Gasteiger partial charge >= 0.3 is 5.97 Å². The van der Waals surface area contributed by atoms with Gasteiger partial charge in [-0.15, -0.1) is 0 Å². The smallest absolute Gasteiger partial charge is 0.339 e. The van der Waals surface area contributed by atoms with E-state index < -0.39 is 12.1 Å². The first-order valence-corrected chi connectivity index (χ1v) is 4.12. The number of hydrogen-bond donors (Lipinski definition) is 1. The molecule has 4 heteroatoms. The number of rotatable bonds is 3. The fourth-order valence-corrected chi connectivity index (χ4v) is 1.26. The van der Waals surface area contributed by atoms with Gasteiger partial charge in [-0.3, -0.25) is 0 Å². The summed E-state index contributed by atoms with van der Waals surface area (Å²) in [5, 5.41) is 8.80. The maximum atomic E-state index is 13.1. The molecule has 0 aromatic heterocycles. The molecule has 76 valence electrons. The van der Waals surface area contributed by atoms with Crippen molar-refractivity contribution in [2.45, 2.75) is 13.1 Å². The largest absolute Gasteiger partial charge is 0.495 e. The highest BCUT2D eigenvalue weighted by atomic mass is 19.1. The van der Waals surface area contributed by atoms with Crippen LogP contribution in [-0.4, -0.2) is 18.2 Å². The zero-order chi connectivity index (χ0) is 10.7. The second-order valence-electron chi connectivity index (χ2n) is 2.85. The number of ether oxygens (including phenoxy) is 1. The number of alkyl halides is 1. The summed E-state index contributed by atoms with van der Waals surface area (Å²) < 4.78 is 17.9. The van der Waals surface area contributed by atoms with Gasteiger partial charge in [0, 0.05) is 5.56 Å². The number of carboxylic acids is 1. The standard InChI is InChI=1S/C10H11FO3/c1-6(11)7-4-3-5-8(10(12)13)9(7)14-2/h3-6H,1-2H3,(H,12,13). The average molecular weight is 198 g/mol. The van der Waals surface area contributed by atoms with E-state index in [9.17, 15) is 9.18 Å². The summed E-state index contributed by atoms with van der Waals surface area (Å²) in [6, 6.07) is 4.39. The molecular formula is C10H11FO3. The quantitative estimate of drug-likeness (QED) is 0.811.